The summed E-state index contributed by atoms with van der Waals surface area (Å²) in [6.45, 7) is 0. The lowest BCUT2D eigenvalue weighted by Crippen LogP contribution is -2.09. The third-order valence-corrected chi connectivity index (χ3v) is 4.11. The lowest BCUT2D eigenvalue weighted by Gasteiger charge is -2.06. The van der Waals surface area contributed by atoms with Crippen LogP contribution in [0.5, 0.6) is 0 Å². The monoisotopic (exact) mass is 396 g/mol. The molecule has 1 heterocycles. The topological polar surface area (TPSA) is 55.1 Å². The van der Waals surface area contributed by atoms with Crippen LogP contribution in [0.4, 0.5) is 5.69 Å². The van der Waals surface area contributed by atoms with Gasteiger partial charge in [0.25, 0.3) is 5.91 Å². The largest absolute Gasteiger partial charge is 0.398 e. The zero-order valence-corrected chi connectivity index (χ0v) is 13.2. The van der Waals surface area contributed by atoms with Gasteiger partial charge in [-0.25, -0.2) is 0 Å². The number of nitrogens with two attached hydrogens (primary N) is 1. The Morgan fingerprint density at radius 3 is 2.55 bits per heavy atom. The molecule has 0 saturated carbocycles. The number of anilines is 1. The first-order valence-electron chi connectivity index (χ1n) is 5.93. The Balaban J connectivity index is 2.18. The Bertz CT molecular complexity index is 738. The van der Waals surface area contributed by atoms with E-state index < -0.39 is 0 Å². The molecule has 0 aliphatic carbocycles. The molecule has 0 aromatic heterocycles. The molecule has 0 radical (unpaired) electrons. The van der Waals surface area contributed by atoms with Crippen LogP contribution in [0.15, 0.2) is 42.5 Å². The fourth-order valence-corrected chi connectivity index (χ4v) is 2.71. The molecule has 1 aliphatic heterocycles. The van der Waals surface area contributed by atoms with Crippen molar-refractivity contribution in [3.05, 3.63) is 62.2 Å². The molecule has 0 saturated heterocycles. The van der Waals surface area contributed by atoms with Crippen molar-refractivity contribution in [2.45, 2.75) is 0 Å². The average molecular weight is 397 g/mol. The minimum atomic E-state index is -0.196. The van der Waals surface area contributed by atoms with E-state index in [1.807, 2.05) is 24.3 Å². The minimum Gasteiger partial charge on any atom is -0.398 e. The zero-order chi connectivity index (χ0) is 14.3. The highest BCUT2D eigenvalue weighted by atomic mass is 127. The van der Waals surface area contributed by atoms with Crippen LogP contribution in [0.2, 0.25) is 5.02 Å². The van der Waals surface area contributed by atoms with Crippen molar-refractivity contribution >= 4 is 57.1 Å². The van der Waals surface area contributed by atoms with E-state index in [1.54, 1.807) is 18.2 Å². The number of benzene rings is 2. The molecule has 1 aliphatic rings. The summed E-state index contributed by atoms with van der Waals surface area (Å²) in [5, 5.41) is 3.38. The molecule has 0 fully saturated rings. The first-order chi connectivity index (χ1) is 9.56. The quantitative estimate of drug-likeness (QED) is 0.570. The van der Waals surface area contributed by atoms with E-state index in [0.29, 0.717) is 16.3 Å². The fraction of sp³-hybridized carbons (Fsp3) is 0. The first kappa shape index (κ1) is 13.5. The van der Waals surface area contributed by atoms with Crippen molar-refractivity contribution < 1.29 is 4.79 Å². The Kier molecular flexibility index (Phi) is 3.43. The van der Waals surface area contributed by atoms with E-state index in [9.17, 15) is 4.79 Å². The maximum absolute atomic E-state index is 12.1. The molecule has 0 unspecified atom stereocenters. The fourth-order valence-electron chi connectivity index (χ4n) is 2.18. The Morgan fingerprint density at radius 2 is 1.85 bits per heavy atom. The second kappa shape index (κ2) is 5.10. The second-order valence-electron chi connectivity index (χ2n) is 4.44. The van der Waals surface area contributed by atoms with Gasteiger partial charge in [-0.05, 0) is 58.5 Å². The number of amides is 1. The minimum absolute atomic E-state index is 0.196. The van der Waals surface area contributed by atoms with Crippen LogP contribution in [0.25, 0.3) is 11.3 Å². The van der Waals surface area contributed by atoms with Crippen LogP contribution >= 0.6 is 34.2 Å². The summed E-state index contributed by atoms with van der Waals surface area (Å²) in [4.78, 5) is 12.1. The maximum atomic E-state index is 12.1. The normalized spacial score (nSPS) is 15.8. The number of rotatable bonds is 1. The summed E-state index contributed by atoms with van der Waals surface area (Å²) in [6.07, 6.45) is 0. The third-order valence-electron chi connectivity index (χ3n) is 3.15. The van der Waals surface area contributed by atoms with Gasteiger partial charge >= 0.3 is 0 Å². The van der Waals surface area contributed by atoms with Gasteiger partial charge in [-0.1, -0.05) is 23.7 Å². The van der Waals surface area contributed by atoms with Crippen molar-refractivity contribution in [1.29, 1.82) is 0 Å². The van der Waals surface area contributed by atoms with E-state index in [-0.39, 0.29) is 5.91 Å². The van der Waals surface area contributed by atoms with Crippen molar-refractivity contribution in [3.63, 3.8) is 0 Å². The highest BCUT2D eigenvalue weighted by Crippen LogP contribution is 2.36. The molecule has 20 heavy (non-hydrogen) atoms. The van der Waals surface area contributed by atoms with E-state index in [4.69, 9.17) is 17.3 Å². The molecular formula is C15H10ClIN2O. The molecule has 5 heteroatoms. The number of carbonyl (C=O) groups excluding carboxylic acids is 1. The number of hydrogen-bond donors (Lipinski definition) is 2. The van der Waals surface area contributed by atoms with E-state index in [1.165, 1.54) is 0 Å². The predicted molar refractivity (Wildman–Crippen MR) is 90.2 cm³/mol. The summed E-state index contributed by atoms with van der Waals surface area (Å²) in [7, 11) is 0. The van der Waals surface area contributed by atoms with Crippen molar-refractivity contribution in [1.82, 2.24) is 0 Å². The van der Waals surface area contributed by atoms with Crippen LogP contribution in [-0.4, -0.2) is 5.91 Å². The summed E-state index contributed by atoms with van der Waals surface area (Å²) < 4.78 is 1.11. The molecule has 2 aromatic carbocycles. The maximum Gasteiger partial charge on any atom is 0.258 e. The molecule has 0 bridgehead atoms. The lowest BCUT2D eigenvalue weighted by atomic mass is 10.0. The van der Waals surface area contributed by atoms with E-state index in [0.717, 1.165) is 20.4 Å². The van der Waals surface area contributed by atoms with Crippen LogP contribution in [0.1, 0.15) is 11.1 Å². The molecule has 3 nitrogen and oxygen atoms in total. The standard InChI is InChI=1S/C15H10ClIN2O/c16-9-3-6-12-11(7-9)13(15(20)19-12)14(18)8-1-4-10(17)5-2-8/h1-7H,18H2,(H,19,20). The average Bonchev–Trinajstić information content (AvgIpc) is 2.74. The van der Waals surface area contributed by atoms with E-state index in [2.05, 4.69) is 27.9 Å². The number of fused-ring (bicyclic) bond motifs is 1. The molecule has 3 N–H and O–H groups in total. The number of hydrogen-bond acceptors (Lipinski definition) is 2. The van der Waals surface area contributed by atoms with Gasteiger partial charge in [-0.3, -0.25) is 4.79 Å². The molecule has 100 valence electrons. The predicted octanol–water partition coefficient (Wildman–Crippen LogP) is 3.72. The van der Waals surface area contributed by atoms with E-state index >= 15 is 0 Å². The zero-order valence-electron chi connectivity index (χ0n) is 10.3. The van der Waals surface area contributed by atoms with Crippen molar-refractivity contribution in [3.8, 4) is 0 Å². The Hall–Kier alpha value is -1.53. The van der Waals surface area contributed by atoms with Crippen LogP contribution in [0, 0.1) is 3.57 Å². The van der Waals surface area contributed by atoms with Gasteiger partial charge < -0.3 is 11.1 Å². The summed E-state index contributed by atoms with van der Waals surface area (Å²) >= 11 is 8.23. The highest BCUT2D eigenvalue weighted by molar-refractivity contribution is 14.1. The SMILES string of the molecule is NC(=C1C(=O)Nc2ccc(Cl)cc21)c1ccc(I)cc1. The third kappa shape index (κ3) is 2.29. The van der Waals surface area contributed by atoms with Gasteiger partial charge in [0.1, 0.15) is 0 Å². The number of nitrogens with one attached hydrogen (secondary N) is 1. The molecule has 2 aromatic rings. The van der Waals surface area contributed by atoms with Crippen molar-refractivity contribution in [2.75, 3.05) is 5.32 Å². The second-order valence-corrected chi connectivity index (χ2v) is 6.12. The van der Waals surface area contributed by atoms with Gasteiger partial charge in [0.2, 0.25) is 0 Å². The van der Waals surface area contributed by atoms with Gasteiger partial charge in [0.15, 0.2) is 0 Å². The number of halogens is 2. The molecule has 1 amide bonds. The molecular weight excluding hydrogens is 387 g/mol. The summed E-state index contributed by atoms with van der Waals surface area (Å²) in [6, 6.07) is 13.0. The van der Waals surface area contributed by atoms with Crippen molar-refractivity contribution in [2.24, 2.45) is 5.73 Å². The molecule has 0 atom stereocenters. The van der Waals surface area contributed by atoms with Gasteiger partial charge in [0.05, 0.1) is 11.3 Å². The summed E-state index contributed by atoms with van der Waals surface area (Å²) in [5.41, 5.74) is 9.42. The first-order valence-corrected chi connectivity index (χ1v) is 7.39. The summed E-state index contributed by atoms with van der Waals surface area (Å²) in [5.74, 6) is -0.196. The Morgan fingerprint density at radius 1 is 1.15 bits per heavy atom. The van der Waals surface area contributed by atoms with Crippen LogP contribution in [0.3, 0.4) is 0 Å². The van der Waals surface area contributed by atoms with Crippen LogP contribution in [-0.2, 0) is 4.79 Å². The van der Waals surface area contributed by atoms with Gasteiger partial charge in [-0.15, -0.1) is 0 Å². The smallest absolute Gasteiger partial charge is 0.258 e. The molecule has 0 spiro atoms. The van der Waals surface area contributed by atoms with Crippen LogP contribution < -0.4 is 11.1 Å². The number of carbonyl (C=O) groups is 1. The molecule has 3 rings (SSSR count). The van der Waals surface area contributed by atoms with Gasteiger partial charge in [-0.2, -0.15) is 0 Å². The Labute approximate surface area is 135 Å². The van der Waals surface area contributed by atoms with Gasteiger partial charge in [0, 0.05) is 19.8 Å². The highest BCUT2D eigenvalue weighted by Gasteiger charge is 2.27. The lowest BCUT2D eigenvalue weighted by molar-refractivity contribution is -0.110.